The third kappa shape index (κ3) is 3.43. The van der Waals surface area contributed by atoms with Crippen molar-refractivity contribution in [3.05, 3.63) is 64.7 Å². The second kappa shape index (κ2) is 7.14. The highest BCUT2D eigenvalue weighted by Crippen LogP contribution is 2.26. The van der Waals surface area contributed by atoms with Crippen LogP contribution >= 0.6 is 11.6 Å². The molecule has 0 aromatic heterocycles. The summed E-state index contributed by atoms with van der Waals surface area (Å²) in [6.07, 6.45) is 1.10. The molecule has 2 aromatic rings. The standard InChI is InChI=1S/C18H21ClN2O/c1-22-17-8-3-2-5-14(17)12-21-16-9-10-20-18(16)13-6-4-7-15(19)11-13/h2-8,11,16,18,20-21H,9-10,12H2,1H3/t16-,18-/m1/s1. The second-order valence-corrected chi connectivity index (χ2v) is 6.01. The number of methoxy groups -OCH3 is 1. The number of nitrogens with one attached hydrogen (secondary N) is 2. The number of rotatable bonds is 5. The van der Waals surface area contributed by atoms with Crippen molar-refractivity contribution >= 4 is 11.6 Å². The van der Waals surface area contributed by atoms with Crippen LogP contribution in [-0.2, 0) is 6.54 Å². The molecule has 1 saturated heterocycles. The van der Waals surface area contributed by atoms with Gasteiger partial charge in [-0.15, -0.1) is 0 Å². The Morgan fingerprint density at radius 2 is 2.09 bits per heavy atom. The number of hydrogen-bond acceptors (Lipinski definition) is 3. The van der Waals surface area contributed by atoms with Gasteiger partial charge in [0.25, 0.3) is 0 Å². The monoisotopic (exact) mass is 316 g/mol. The van der Waals surface area contributed by atoms with Crippen LogP contribution in [0.4, 0.5) is 0 Å². The van der Waals surface area contributed by atoms with Crippen LogP contribution in [0.2, 0.25) is 5.02 Å². The number of benzene rings is 2. The zero-order chi connectivity index (χ0) is 15.4. The highest BCUT2D eigenvalue weighted by atomic mass is 35.5. The maximum absolute atomic E-state index is 6.12. The molecular formula is C18H21ClN2O. The quantitative estimate of drug-likeness (QED) is 0.885. The SMILES string of the molecule is COc1ccccc1CN[C@@H]1CCN[C@@H]1c1cccc(Cl)c1. The predicted octanol–water partition coefficient (Wildman–Crippen LogP) is 3.54. The molecule has 2 aromatic carbocycles. The highest BCUT2D eigenvalue weighted by molar-refractivity contribution is 6.30. The summed E-state index contributed by atoms with van der Waals surface area (Å²) in [5.41, 5.74) is 2.42. The van der Waals surface area contributed by atoms with Crippen LogP contribution in [0.15, 0.2) is 48.5 Å². The van der Waals surface area contributed by atoms with Gasteiger partial charge >= 0.3 is 0 Å². The predicted molar refractivity (Wildman–Crippen MR) is 90.4 cm³/mol. The van der Waals surface area contributed by atoms with Gasteiger partial charge in [-0.25, -0.2) is 0 Å². The maximum atomic E-state index is 6.12. The molecule has 0 aliphatic carbocycles. The van der Waals surface area contributed by atoms with Crippen molar-refractivity contribution in [2.24, 2.45) is 0 Å². The van der Waals surface area contributed by atoms with Gasteiger partial charge in [0.1, 0.15) is 5.75 Å². The Morgan fingerprint density at radius 3 is 2.91 bits per heavy atom. The number of halogens is 1. The summed E-state index contributed by atoms with van der Waals surface area (Å²) in [6.45, 7) is 1.81. The molecular weight excluding hydrogens is 296 g/mol. The summed E-state index contributed by atoms with van der Waals surface area (Å²) in [5.74, 6) is 0.931. The zero-order valence-corrected chi connectivity index (χ0v) is 13.4. The molecule has 2 atom stereocenters. The lowest BCUT2D eigenvalue weighted by molar-refractivity contribution is 0.401. The van der Waals surface area contributed by atoms with Gasteiger partial charge in [-0.05, 0) is 36.7 Å². The molecule has 0 amide bonds. The van der Waals surface area contributed by atoms with E-state index in [1.54, 1.807) is 7.11 Å². The number of ether oxygens (including phenoxy) is 1. The van der Waals surface area contributed by atoms with E-state index < -0.39 is 0 Å². The van der Waals surface area contributed by atoms with Gasteiger partial charge in [0.05, 0.1) is 7.11 Å². The van der Waals surface area contributed by atoms with Gasteiger partial charge in [0.15, 0.2) is 0 Å². The third-order valence-electron chi connectivity index (χ3n) is 4.18. The van der Waals surface area contributed by atoms with Crippen molar-refractivity contribution < 1.29 is 4.74 Å². The van der Waals surface area contributed by atoms with Crippen molar-refractivity contribution in [2.45, 2.75) is 25.0 Å². The number of hydrogen-bond donors (Lipinski definition) is 2. The minimum Gasteiger partial charge on any atom is -0.496 e. The lowest BCUT2D eigenvalue weighted by atomic mass is 10.0. The third-order valence-corrected chi connectivity index (χ3v) is 4.41. The summed E-state index contributed by atoms with van der Waals surface area (Å²) < 4.78 is 5.41. The Morgan fingerprint density at radius 1 is 1.23 bits per heavy atom. The molecule has 0 bridgehead atoms. The molecule has 1 aliphatic rings. The van der Waals surface area contributed by atoms with Gasteiger partial charge in [-0.2, -0.15) is 0 Å². The molecule has 0 radical (unpaired) electrons. The van der Waals surface area contributed by atoms with Gasteiger partial charge in [0, 0.05) is 29.2 Å². The average Bonchev–Trinajstić information content (AvgIpc) is 3.01. The van der Waals surface area contributed by atoms with E-state index in [1.807, 2.05) is 36.4 Å². The molecule has 1 aliphatic heterocycles. The van der Waals surface area contributed by atoms with Crippen molar-refractivity contribution in [3.8, 4) is 5.75 Å². The van der Waals surface area contributed by atoms with Crippen LogP contribution in [0.3, 0.4) is 0 Å². The van der Waals surface area contributed by atoms with Crippen molar-refractivity contribution in [2.75, 3.05) is 13.7 Å². The zero-order valence-electron chi connectivity index (χ0n) is 12.7. The van der Waals surface area contributed by atoms with Gasteiger partial charge < -0.3 is 15.4 Å². The minimum atomic E-state index is 0.299. The first-order valence-electron chi connectivity index (χ1n) is 7.62. The Bertz CT molecular complexity index is 632. The van der Waals surface area contributed by atoms with Gasteiger partial charge in [-0.1, -0.05) is 41.9 Å². The van der Waals surface area contributed by atoms with E-state index in [2.05, 4.69) is 22.8 Å². The molecule has 1 heterocycles. The second-order valence-electron chi connectivity index (χ2n) is 5.57. The largest absolute Gasteiger partial charge is 0.496 e. The van der Waals surface area contributed by atoms with Crippen LogP contribution in [0.25, 0.3) is 0 Å². The van der Waals surface area contributed by atoms with E-state index in [0.29, 0.717) is 12.1 Å². The fourth-order valence-corrected chi connectivity index (χ4v) is 3.26. The first-order chi connectivity index (χ1) is 10.8. The van der Waals surface area contributed by atoms with Crippen molar-refractivity contribution in [1.82, 2.24) is 10.6 Å². The van der Waals surface area contributed by atoms with Crippen LogP contribution in [-0.4, -0.2) is 19.7 Å². The molecule has 3 nitrogen and oxygen atoms in total. The van der Waals surface area contributed by atoms with E-state index >= 15 is 0 Å². The molecule has 4 heteroatoms. The number of para-hydroxylation sites is 1. The summed E-state index contributed by atoms with van der Waals surface area (Å²) in [7, 11) is 1.71. The Kier molecular flexibility index (Phi) is 4.98. The maximum Gasteiger partial charge on any atom is 0.123 e. The molecule has 116 valence electrons. The molecule has 0 saturated carbocycles. The van der Waals surface area contributed by atoms with E-state index in [0.717, 1.165) is 30.3 Å². The molecule has 0 unspecified atom stereocenters. The normalized spacial score (nSPS) is 21.0. The smallest absolute Gasteiger partial charge is 0.123 e. The Hall–Kier alpha value is -1.55. The lowest BCUT2D eigenvalue weighted by Gasteiger charge is -2.22. The lowest BCUT2D eigenvalue weighted by Crippen LogP contribution is -2.34. The fraction of sp³-hybridized carbons (Fsp3) is 0.333. The highest BCUT2D eigenvalue weighted by Gasteiger charge is 2.27. The molecule has 1 fully saturated rings. The summed E-state index contributed by atoms with van der Waals surface area (Å²) in [6, 6.07) is 16.9. The van der Waals surface area contributed by atoms with Crippen molar-refractivity contribution in [3.63, 3.8) is 0 Å². The van der Waals surface area contributed by atoms with Gasteiger partial charge in [0.2, 0.25) is 0 Å². The van der Waals surface area contributed by atoms with Crippen LogP contribution in [0.5, 0.6) is 5.75 Å². The van der Waals surface area contributed by atoms with Crippen LogP contribution < -0.4 is 15.4 Å². The van der Waals surface area contributed by atoms with E-state index in [4.69, 9.17) is 16.3 Å². The molecule has 3 rings (SSSR count). The van der Waals surface area contributed by atoms with E-state index in [9.17, 15) is 0 Å². The van der Waals surface area contributed by atoms with Gasteiger partial charge in [-0.3, -0.25) is 0 Å². The Balaban J connectivity index is 1.69. The molecule has 2 N–H and O–H groups in total. The van der Waals surface area contributed by atoms with Crippen molar-refractivity contribution in [1.29, 1.82) is 0 Å². The Labute approximate surface area is 136 Å². The van der Waals surface area contributed by atoms with Crippen LogP contribution in [0.1, 0.15) is 23.6 Å². The summed E-state index contributed by atoms with van der Waals surface area (Å²) >= 11 is 6.12. The van der Waals surface area contributed by atoms with E-state index in [-0.39, 0.29) is 0 Å². The van der Waals surface area contributed by atoms with Crippen LogP contribution in [0, 0.1) is 0 Å². The molecule has 0 spiro atoms. The minimum absolute atomic E-state index is 0.299. The van der Waals surface area contributed by atoms with E-state index in [1.165, 1.54) is 11.1 Å². The average molecular weight is 317 g/mol. The first kappa shape index (κ1) is 15.3. The summed E-state index contributed by atoms with van der Waals surface area (Å²) in [4.78, 5) is 0. The topological polar surface area (TPSA) is 33.3 Å². The fourth-order valence-electron chi connectivity index (χ4n) is 3.06. The summed E-state index contributed by atoms with van der Waals surface area (Å²) in [5, 5.41) is 8.00. The molecule has 22 heavy (non-hydrogen) atoms. The first-order valence-corrected chi connectivity index (χ1v) is 8.00.